The first-order chi connectivity index (χ1) is 58.1. The number of hydrogen-bond acceptors (Lipinski definition) is 5. The van der Waals surface area contributed by atoms with Crippen LogP contribution in [-0.4, -0.2) is 0 Å². The zero-order valence-electron chi connectivity index (χ0n) is 66.5. The lowest BCUT2D eigenvalue weighted by Crippen LogP contribution is -2.30. The first-order valence-corrected chi connectivity index (χ1v) is 37.9. The van der Waals surface area contributed by atoms with Crippen LogP contribution in [0.15, 0.2) is 265 Å². The minimum Gasteiger partial charge on any atom is -0.464 e. The van der Waals surface area contributed by atoms with E-state index in [2.05, 4.69) is 24.2 Å². The van der Waals surface area contributed by atoms with E-state index < -0.39 is 11.6 Å². The molecule has 0 aliphatic rings. The third-order valence-electron chi connectivity index (χ3n) is 21.9. The number of pyridine rings is 5. The predicted octanol–water partition coefficient (Wildman–Crippen LogP) is 25.4. The average Bonchev–Trinajstić information content (AvgIpc) is 1.56. The zero-order chi connectivity index (χ0) is 84.2. The van der Waals surface area contributed by atoms with Crippen molar-refractivity contribution in [2.45, 2.75) is 34.6 Å². The molecule has 0 saturated heterocycles. The average molecular weight is 1590 g/mol. The lowest BCUT2D eigenvalue weighted by atomic mass is 9.97. The molecule has 0 bridgehead atoms. The summed E-state index contributed by atoms with van der Waals surface area (Å²) in [5, 5.41) is 7.09. The Morgan fingerprint density at radius 3 is 1.24 bits per heavy atom. The van der Waals surface area contributed by atoms with E-state index in [1.165, 1.54) is 6.07 Å². The van der Waals surface area contributed by atoms with Gasteiger partial charge in [-0.2, -0.15) is 0 Å². The lowest BCUT2D eigenvalue weighted by molar-refractivity contribution is -0.660. The van der Waals surface area contributed by atoms with Gasteiger partial charge in [-0.15, -0.1) is 0 Å². The maximum absolute atomic E-state index is 15.0. The molecule has 120 heavy (non-hydrogen) atoms. The van der Waals surface area contributed by atoms with Gasteiger partial charge in [0.2, 0.25) is 39.8 Å². The van der Waals surface area contributed by atoms with Gasteiger partial charge in [0.25, 0.3) is 0 Å². The molecule has 10 aromatic heterocycles. The Hall–Kier alpha value is -16.0. The van der Waals surface area contributed by atoms with Gasteiger partial charge in [-0.3, -0.25) is 0 Å². The number of aryl methyl sites for hydroxylation is 6. The van der Waals surface area contributed by atoms with Crippen LogP contribution < -0.4 is 22.8 Å². The van der Waals surface area contributed by atoms with Crippen molar-refractivity contribution in [2.24, 2.45) is 35.2 Å². The molecule has 15 nitrogen and oxygen atoms in total. The molecule has 0 saturated carbocycles. The van der Waals surface area contributed by atoms with Gasteiger partial charge >= 0.3 is 0 Å². The normalized spacial score (nSPS) is 11.1. The van der Waals surface area contributed by atoms with Crippen molar-refractivity contribution in [3.8, 4) is 56.3 Å². The first kappa shape index (κ1) is 78.0. The van der Waals surface area contributed by atoms with E-state index in [1.54, 1.807) is 94.4 Å². The number of rotatable bonds is 5. The zero-order valence-corrected chi connectivity index (χ0v) is 66.5. The SMILES string of the molecule is [C-]#[N+]c1c(-c2cccc[n+]2C)c(C)c(F)c2oc3ccccc3c12.[C-]#[N+]c1ccc2c(c1)oc1c(F)c(C)c(-c3cccc[n+]3C)cc12.[C-]#[N+]c1ccc2oc3c(F)c(C)c(-c4cccc[n+]4C)cc3c2c1.[C-]#[N+]c1cccc2c1oc1c(F)cc(C)c(-c3cccc[n+]3C)c12.[C-]#[N+]c1cccc2oc3c(F)c(C)c(-c4cccc[n+]4C)cc3c12. The van der Waals surface area contributed by atoms with Gasteiger partial charge in [0, 0.05) is 131 Å². The Morgan fingerprint density at radius 2 is 0.700 bits per heavy atom. The fourth-order valence-electron chi connectivity index (χ4n) is 15.8. The van der Waals surface area contributed by atoms with E-state index in [0.717, 1.165) is 88.6 Å². The molecule has 0 atom stereocenters. The molecule has 0 fully saturated rings. The molecular formula is C100H70F5N10O5+5. The number of nitrogens with zero attached hydrogens (tertiary/aromatic N) is 10. The highest BCUT2D eigenvalue weighted by molar-refractivity contribution is 6.18. The second-order valence-electron chi connectivity index (χ2n) is 29.1. The van der Waals surface area contributed by atoms with E-state index in [9.17, 15) is 17.6 Å². The Labute approximate surface area is 684 Å². The van der Waals surface area contributed by atoms with Gasteiger partial charge in [-0.1, -0.05) is 66.7 Å². The Balaban J connectivity index is 0.000000112. The van der Waals surface area contributed by atoms with Crippen molar-refractivity contribution in [3.05, 3.63) is 357 Å². The van der Waals surface area contributed by atoms with Gasteiger partial charge in [0.1, 0.15) is 63.2 Å². The second-order valence-corrected chi connectivity index (χ2v) is 29.1. The Kier molecular flexibility index (Phi) is 20.6. The van der Waals surface area contributed by atoms with Crippen LogP contribution >= 0.6 is 0 Å². The summed E-state index contributed by atoms with van der Waals surface area (Å²) in [6.07, 6.45) is 9.64. The molecule has 20 aromatic rings. The predicted molar refractivity (Wildman–Crippen MR) is 456 cm³/mol. The van der Waals surface area contributed by atoms with Gasteiger partial charge in [-0.05, 0) is 131 Å². The monoisotopic (exact) mass is 1590 g/mol. The smallest absolute Gasteiger partial charge is 0.229 e. The summed E-state index contributed by atoms with van der Waals surface area (Å²) >= 11 is 0. The van der Waals surface area contributed by atoms with Crippen LogP contribution in [0.2, 0.25) is 0 Å². The third-order valence-corrected chi connectivity index (χ3v) is 21.9. The van der Waals surface area contributed by atoms with Crippen molar-refractivity contribution in [1.29, 1.82) is 0 Å². The Morgan fingerprint density at radius 1 is 0.275 bits per heavy atom. The molecule has 0 N–H and O–H groups in total. The van der Waals surface area contributed by atoms with Gasteiger partial charge in [-0.25, -0.2) is 69.0 Å². The van der Waals surface area contributed by atoms with E-state index in [0.29, 0.717) is 106 Å². The summed E-state index contributed by atoms with van der Waals surface area (Å²) < 4.78 is 113. The summed E-state index contributed by atoms with van der Waals surface area (Å²) in [4.78, 5) is 17.7. The molecule has 0 radical (unpaired) electrons. The first-order valence-electron chi connectivity index (χ1n) is 37.9. The van der Waals surface area contributed by atoms with E-state index >= 15 is 4.39 Å². The maximum atomic E-state index is 15.0. The summed E-state index contributed by atoms with van der Waals surface area (Å²) in [7, 11) is 9.64. The Bertz CT molecular complexity index is 7890. The van der Waals surface area contributed by atoms with Crippen LogP contribution in [0.1, 0.15) is 27.8 Å². The van der Waals surface area contributed by atoms with Gasteiger partial charge in [0.05, 0.1) is 60.7 Å². The van der Waals surface area contributed by atoms with Crippen LogP contribution in [0.5, 0.6) is 0 Å². The molecule has 10 heterocycles. The summed E-state index contributed by atoms with van der Waals surface area (Å²) in [5.74, 6) is -1.90. The highest BCUT2D eigenvalue weighted by Crippen LogP contribution is 2.48. The molecular weight excluding hydrogens is 1520 g/mol. The molecule has 0 aliphatic heterocycles. The summed E-state index contributed by atoms with van der Waals surface area (Å²) in [6.45, 7) is 45.5. The molecule has 20 heteroatoms. The van der Waals surface area contributed by atoms with Crippen LogP contribution in [0.3, 0.4) is 0 Å². The van der Waals surface area contributed by atoms with Crippen LogP contribution in [0.4, 0.5) is 50.4 Å². The quantitative estimate of drug-likeness (QED) is 0.0969. The number of halogens is 5. The van der Waals surface area contributed by atoms with Crippen LogP contribution in [-0.2, 0) is 35.2 Å². The third kappa shape index (κ3) is 13.5. The van der Waals surface area contributed by atoms with Crippen molar-refractivity contribution in [1.82, 2.24) is 0 Å². The standard InChI is InChI=1S/5C20H14FN2O/c1-12-11-14(21)20-18(17(12)16-9-4-5-10-23(16)3)13-7-6-8-15(22-2)19(13)24-20;1-12-13(16-8-4-5-10-23(16)3)11-14-18-15(22-2)7-6-9-17(18)24-20(14)19(12)21;1-12-16(14-9-6-7-11-23(14)3)19(22-2)17-13-8-4-5-10-15(13)24-20(17)18(12)21;1-12-14(17-6-4-5-9-23(17)3)11-16-15-10-13(22-2)7-8-18(15)24-20(16)19(12)21;1-12-15(17-6-4-5-9-23(17)3)11-16-14-8-7-13(22-2)10-18(14)24-20(16)19(12)21/h5*4-11H,1,3H3/q5*+1. The fraction of sp³-hybridized carbons (Fsp3) is 0.100. The van der Waals surface area contributed by atoms with Crippen molar-refractivity contribution in [2.75, 3.05) is 0 Å². The fourth-order valence-corrected chi connectivity index (χ4v) is 15.8. The molecule has 20 rings (SSSR count). The number of para-hydroxylation sites is 2. The molecule has 0 aliphatic carbocycles. The number of fused-ring (bicyclic) bond motifs is 15. The number of furan rings is 5. The number of aromatic nitrogens is 5. The molecule has 0 amide bonds. The number of benzene rings is 10. The number of hydrogen-bond donors (Lipinski definition) is 0. The van der Waals surface area contributed by atoms with E-state index in [1.807, 2.05) is 236 Å². The van der Waals surface area contributed by atoms with Gasteiger partial charge in [0.15, 0.2) is 105 Å². The molecule has 0 spiro atoms. The van der Waals surface area contributed by atoms with E-state index in [4.69, 9.17) is 54.9 Å². The van der Waals surface area contributed by atoms with Crippen LogP contribution in [0.25, 0.3) is 190 Å². The highest BCUT2D eigenvalue weighted by atomic mass is 19.1. The van der Waals surface area contributed by atoms with Crippen molar-refractivity contribution < 1.29 is 66.9 Å². The lowest BCUT2D eigenvalue weighted by Gasteiger charge is -2.09. The topological polar surface area (TPSA) is 107 Å². The largest absolute Gasteiger partial charge is 0.464 e. The summed E-state index contributed by atoms with van der Waals surface area (Å²) in [5.41, 5.74) is 17.4. The van der Waals surface area contributed by atoms with Crippen molar-refractivity contribution >= 4 is 138 Å². The van der Waals surface area contributed by atoms with Crippen LogP contribution in [0, 0.1) is 96.6 Å². The van der Waals surface area contributed by atoms with E-state index in [-0.39, 0.29) is 45.4 Å². The highest BCUT2D eigenvalue weighted by Gasteiger charge is 2.30. The second kappa shape index (κ2) is 31.7. The maximum Gasteiger partial charge on any atom is 0.229 e. The van der Waals surface area contributed by atoms with Crippen molar-refractivity contribution in [3.63, 3.8) is 0 Å². The van der Waals surface area contributed by atoms with Gasteiger partial charge < -0.3 is 22.1 Å². The summed E-state index contributed by atoms with van der Waals surface area (Å²) in [6, 6.07) is 64.7. The minimum atomic E-state index is -0.410. The molecule has 580 valence electrons. The minimum absolute atomic E-state index is 0.155. The molecule has 10 aromatic carbocycles. The molecule has 0 unspecified atom stereocenters.